The third kappa shape index (κ3) is 1.60. The first-order valence-corrected chi connectivity index (χ1v) is 5.93. The topological polar surface area (TPSA) is 61.7 Å². The number of nitrogen functional groups attached to an aromatic ring is 1. The standard InChI is InChI=1S/C13H14FN5/c1-7-4-5-9(6-10(7)14)19-12-11(16-13(19)15)8(2)17-18(12)3/h4-6H,1-3H3,(H2,15,16). The minimum absolute atomic E-state index is 0.266. The maximum Gasteiger partial charge on any atom is 0.207 e. The minimum atomic E-state index is -0.266. The molecule has 2 aromatic heterocycles. The zero-order valence-electron chi connectivity index (χ0n) is 11.0. The van der Waals surface area contributed by atoms with Gasteiger partial charge in [0.2, 0.25) is 5.95 Å². The Morgan fingerprint density at radius 2 is 2.00 bits per heavy atom. The Morgan fingerprint density at radius 1 is 1.26 bits per heavy atom. The number of aryl methyl sites for hydroxylation is 3. The van der Waals surface area contributed by atoms with Crippen molar-refractivity contribution < 1.29 is 4.39 Å². The van der Waals surface area contributed by atoms with Gasteiger partial charge in [0, 0.05) is 7.05 Å². The van der Waals surface area contributed by atoms with Crippen LogP contribution in [-0.4, -0.2) is 19.3 Å². The highest BCUT2D eigenvalue weighted by atomic mass is 19.1. The van der Waals surface area contributed by atoms with Gasteiger partial charge in [-0.15, -0.1) is 0 Å². The Kier molecular flexibility index (Phi) is 2.35. The lowest BCUT2D eigenvalue weighted by atomic mass is 10.2. The quantitative estimate of drug-likeness (QED) is 0.728. The molecule has 0 saturated carbocycles. The summed E-state index contributed by atoms with van der Waals surface area (Å²) in [6.45, 7) is 3.59. The van der Waals surface area contributed by atoms with Crippen molar-refractivity contribution in [2.75, 3.05) is 5.73 Å². The van der Waals surface area contributed by atoms with E-state index in [2.05, 4.69) is 10.1 Å². The molecular formula is C13H14FN5. The molecule has 2 heterocycles. The van der Waals surface area contributed by atoms with Crippen LogP contribution in [0.3, 0.4) is 0 Å². The molecule has 0 saturated heterocycles. The summed E-state index contributed by atoms with van der Waals surface area (Å²) >= 11 is 0. The van der Waals surface area contributed by atoms with Crippen LogP contribution < -0.4 is 5.73 Å². The molecule has 98 valence electrons. The van der Waals surface area contributed by atoms with E-state index in [1.165, 1.54) is 6.07 Å². The first-order valence-electron chi connectivity index (χ1n) is 5.93. The first kappa shape index (κ1) is 11.7. The van der Waals surface area contributed by atoms with E-state index in [1.807, 2.05) is 20.0 Å². The second-order valence-electron chi connectivity index (χ2n) is 4.62. The van der Waals surface area contributed by atoms with E-state index in [0.29, 0.717) is 17.2 Å². The predicted molar refractivity (Wildman–Crippen MR) is 71.7 cm³/mol. The number of nitrogens with two attached hydrogens (primary N) is 1. The minimum Gasteiger partial charge on any atom is -0.369 e. The van der Waals surface area contributed by atoms with Gasteiger partial charge >= 0.3 is 0 Å². The second-order valence-corrected chi connectivity index (χ2v) is 4.62. The van der Waals surface area contributed by atoms with Crippen molar-refractivity contribution in [1.29, 1.82) is 0 Å². The molecule has 0 atom stereocenters. The maximum absolute atomic E-state index is 13.7. The van der Waals surface area contributed by atoms with Crippen LogP contribution >= 0.6 is 0 Å². The van der Waals surface area contributed by atoms with Crippen LogP contribution in [0.15, 0.2) is 18.2 Å². The van der Waals surface area contributed by atoms with Gasteiger partial charge in [-0.25, -0.2) is 14.1 Å². The number of rotatable bonds is 1. The SMILES string of the molecule is Cc1ccc(-n2c(N)nc3c(C)nn(C)c32)cc1F. The Bertz CT molecular complexity index is 784. The van der Waals surface area contributed by atoms with Crippen molar-refractivity contribution >= 4 is 17.1 Å². The summed E-state index contributed by atoms with van der Waals surface area (Å²) in [6.07, 6.45) is 0. The molecule has 3 rings (SSSR count). The molecule has 19 heavy (non-hydrogen) atoms. The van der Waals surface area contributed by atoms with E-state index in [9.17, 15) is 4.39 Å². The third-order valence-corrected chi connectivity index (χ3v) is 3.24. The van der Waals surface area contributed by atoms with Crippen molar-refractivity contribution in [3.63, 3.8) is 0 Å². The average Bonchev–Trinajstić information content (AvgIpc) is 2.82. The average molecular weight is 259 g/mol. The molecular weight excluding hydrogens is 245 g/mol. The molecule has 6 heteroatoms. The molecule has 0 fully saturated rings. The number of anilines is 1. The van der Waals surface area contributed by atoms with Gasteiger partial charge in [0.15, 0.2) is 5.65 Å². The number of aromatic nitrogens is 4. The van der Waals surface area contributed by atoms with Gasteiger partial charge < -0.3 is 5.73 Å². The highest BCUT2D eigenvalue weighted by Gasteiger charge is 2.17. The molecule has 2 N–H and O–H groups in total. The number of nitrogens with zero attached hydrogens (tertiary/aromatic N) is 4. The maximum atomic E-state index is 13.7. The number of halogens is 1. The van der Waals surface area contributed by atoms with Gasteiger partial charge in [0.1, 0.15) is 11.3 Å². The van der Waals surface area contributed by atoms with Crippen molar-refractivity contribution in [2.24, 2.45) is 7.05 Å². The lowest BCUT2D eigenvalue weighted by molar-refractivity contribution is 0.617. The Balaban J connectivity index is 2.35. The van der Waals surface area contributed by atoms with Gasteiger partial charge in [-0.1, -0.05) is 6.07 Å². The molecule has 0 bridgehead atoms. The predicted octanol–water partition coefficient (Wildman–Crippen LogP) is 2.10. The molecule has 0 radical (unpaired) electrons. The fraction of sp³-hybridized carbons (Fsp3) is 0.231. The van der Waals surface area contributed by atoms with Crippen LogP contribution in [0, 0.1) is 19.7 Å². The molecule has 5 nitrogen and oxygen atoms in total. The van der Waals surface area contributed by atoms with Gasteiger partial charge in [0.05, 0.1) is 11.4 Å². The fourth-order valence-corrected chi connectivity index (χ4v) is 2.26. The molecule has 3 aromatic rings. The van der Waals surface area contributed by atoms with Crippen LogP contribution in [0.4, 0.5) is 10.3 Å². The monoisotopic (exact) mass is 259 g/mol. The zero-order chi connectivity index (χ0) is 13.7. The van der Waals surface area contributed by atoms with Crippen molar-refractivity contribution in [1.82, 2.24) is 19.3 Å². The van der Waals surface area contributed by atoms with Crippen LogP contribution in [0.25, 0.3) is 16.9 Å². The Labute approximate surface area is 109 Å². The zero-order valence-corrected chi connectivity index (χ0v) is 11.0. The van der Waals surface area contributed by atoms with E-state index in [0.717, 1.165) is 16.9 Å². The van der Waals surface area contributed by atoms with Crippen LogP contribution in [0.5, 0.6) is 0 Å². The number of hydrogen-bond donors (Lipinski definition) is 1. The summed E-state index contributed by atoms with van der Waals surface area (Å²) in [5, 5.41) is 4.30. The smallest absolute Gasteiger partial charge is 0.207 e. The van der Waals surface area contributed by atoms with Crippen LogP contribution in [-0.2, 0) is 7.05 Å². The molecule has 0 amide bonds. The second kappa shape index (κ2) is 3.81. The molecule has 0 unspecified atom stereocenters. The van der Waals surface area contributed by atoms with E-state index >= 15 is 0 Å². The highest BCUT2D eigenvalue weighted by molar-refractivity contribution is 5.79. The van der Waals surface area contributed by atoms with E-state index in [4.69, 9.17) is 5.73 Å². The third-order valence-electron chi connectivity index (χ3n) is 3.24. The number of benzene rings is 1. The highest BCUT2D eigenvalue weighted by Crippen LogP contribution is 2.25. The molecule has 0 aliphatic rings. The number of hydrogen-bond acceptors (Lipinski definition) is 3. The molecule has 0 aliphatic heterocycles. The summed E-state index contributed by atoms with van der Waals surface area (Å²) < 4.78 is 17.1. The van der Waals surface area contributed by atoms with Gasteiger partial charge in [-0.3, -0.25) is 4.57 Å². The van der Waals surface area contributed by atoms with Crippen LogP contribution in [0.1, 0.15) is 11.3 Å². The Morgan fingerprint density at radius 3 is 2.68 bits per heavy atom. The lowest BCUT2D eigenvalue weighted by Gasteiger charge is -2.08. The number of imidazole rings is 1. The van der Waals surface area contributed by atoms with Gasteiger partial charge in [-0.2, -0.15) is 5.10 Å². The molecule has 1 aromatic carbocycles. The number of fused-ring (bicyclic) bond motifs is 1. The first-order chi connectivity index (χ1) is 8.99. The lowest BCUT2D eigenvalue weighted by Crippen LogP contribution is -2.05. The van der Waals surface area contributed by atoms with Crippen LogP contribution in [0.2, 0.25) is 0 Å². The van der Waals surface area contributed by atoms with Crippen molar-refractivity contribution in [2.45, 2.75) is 13.8 Å². The van der Waals surface area contributed by atoms with Crippen molar-refractivity contribution in [3.05, 3.63) is 35.3 Å². The molecule has 0 aliphatic carbocycles. The summed E-state index contributed by atoms with van der Waals surface area (Å²) in [6, 6.07) is 4.99. The van der Waals surface area contributed by atoms with Gasteiger partial charge in [0.25, 0.3) is 0 Å². The summed E-state index contributed by atoms with van der Waals surface area (Å²) in [5.41, 5.74) is 9.49. The van der Waals surface area contributed by atoms with E-state index in [-0.39, 0.29) is 5.82 Å². The van der Waals surface area contributed by atoms with E-state index < -0.39 is 0 Å². The summed E-state index contributed by atoms with van der Waals surface area (Å²) in [5.74, 6) is 0.0620. The fourth-order valence-electron chi connectivity index (χ4n) is 2.26. The summed E-state index contributed by atoms with van der Waals surface area (Å²) in [7, 11) is 1.82. The van der Waals surface area contributed by atoms with Gasteiger partial charge in [-0.05, 0) is 31.5 Å². The largest absolute Gasteiger partial charge is 0.369 e. The molecule has 0 spiro atoms. The van der Waals surface area contributed by atoms with Crippen molar-refractivity contribution in [3.8, 4) is 5.69 Å². The summed E-state index contributed by atoms with van der Waals surface area (Å²) in [4.78, 5) is 4.30. The Hall–Kier alpha value is -2.37. The normalized spacial score (nSPS) is 11.4. The van der Waals surface area contributed by atoms with E-state index in [1.54, 1.807) is 22.2 Å².